The van der Waals surface area contributed by atoms with E-state index in [1.165, 1.54) is 30.1 Å². The van der Waals surface area contributed by atoms with Gasteiger partial charge in [0, 0.05) is 25.4 Å². The predicted octanol–water partition coefficient (Wildman–Crippen LogP) is 2.96. The highest BCUT2D eigenvalue weighted by molar-refractivity contribution is 5.31. The van der Waals surface area contributed by atoms with Crippen LogP contribution in [0.3, 0.4) is 0 Å². The lowest BCUT2D eigenvalue weighted by Gasteiger charge is -2.22. The first-order valence-electron chi connectivity index (χ1n) is 6.42. The Morgan fingerprint density at radius 1 is 1.36 bits per heavy atom. The second-order valence-electron chi connectivity index (χ2n) is 4.77. The molecule has 120 valence electrons. The highest BCUT2D eigenvalue weighted by Crippen LogP contribution is 2.34. The van der Waals surface area contributed by atoms with Gasteiger partial charge in [-0.25, -0.2) is 4.39 Å². The largest absolute Gasteiger partial charge is 0.494 e. The number of hydrogen-bond donors (Lipinski definition) is 1. The summed E-state index contributed by atoms with van der Waals surface area (Å²) in [6.45, 7) is -0.0360. The van der Waals surface area contributed by atoms with Crippen LogP contribution in [0.15, 0.2) is 30.6 Å². The lowest BCUT2D eigenvalue weighted by molar-refractivity contribution is -0.158. The first kappa shape index (κ1) is 16.3. The number of rotatable bonds is 5. The Labute approximate surface area is 124 Å². The first-order valence-corrected chi connectivity index (χ1v) is 6.42. The molecule has 1 N–H and O–H groups in total. The van der Waals surface area contributed by atoms with Crippen LogP contribution in [0.25, 0.3) is 0 Å². The topological polar surface area (TPSA) is 39.1 Å². The van der Waals surface area contributed by atoms with Gasteiger partial charge in [-0.15, -0.1) is 0 Å². The summed E-state index contributed by atoms with van der Waals surface area (Å²) >= 11 is 0. The van der Waals surface area contributed by atoms with Crippen LogP contribution in [0, 0.1) is 5.82 Å². The Morgan fingerprint density at radius 2 is 2.09 bits per heavy atom. The van der Waals surface area contributed by atoms with E-state index in [1.807, 2.05) is 0 Å². The van der Waals surface area contributed by atoms with Crippen LogP contribution in [0.5, 0.6) is 5.75 Å². The van der Waals surface area contributed by atoms with E-state index in [0.717, 1.165) is 6.07 Å². The number of nitrogens with zero attached hydrogens (tertiary/aromatic N) is 2. The molecule has 0 amide bonds. The smallest absolute Gasteiger partial charge is 0.407 e. The summed E-state index contributed by atoms with van der Waals surface area (Å²) in [7, 11) is 2.92. The number of methoxy groups -OCH3 is 1. The number of aromatic nitrogens is 2. The van der Waals surface area contributed by atoms with Crippen LogP contribution < -0.4 is 10.1 Å². The molecule has 4 nitrogen and oxygen atoms in total. The summed E-state index contributed by atoms with van der Waals surface area (Å²) < 4.78 is 59.4. The molecule has 0 spiro atoms. The molecule has 22 heavy (non-hydrogen) atoms. The van der Waals surface area contributed by atoms with Gasteiger partial charge in [-0.1, -0.05) is 6.07 Å². The third kappa shape index (κ3) is 3.76. The zero-order valence-electron chi connectivity index (χ0n) is 12.0. The Hall–Kier alpha value is -2.09. The van der Waals surface area contributed by atoms with Crippen LogP contribution in [-0.2, 0) is 13.6 Å². The van der Waals surface area contributed by atoms with Crippen molar-refractivity contribution in [2.75, 3.05) is 7.11 Å². The van der Waals surface area contributed by atoms with Crippen LogP contribution in [0.4, 0.5) is 17.6 Å². The van der Waals surface area contributed by atoms with Gasteiger partial charge >= 0.3 is 6.18 Å². The van der Waals surface area contributed by atoms with Crippen molar-refractivity contribution < 1.29 is 22.3 Å². The summed E-state index contributed by atoms with van der Waals surface area (Å²) in [6, 6.07) is 1.21. The van der Waals surface area contributed by atoms with Crippen molar-refractivity contribution >= 4 is 0 Å². The van der Waals surface area contributed by atoms with Crippen molar-refractivity contribution in [1.82, 2.24) is 15.1 Å². The average molecular weight is 317 g/mol. The molecule has 1 aromatic heterocycles. The lowest BCUT2D eigenvalue weighted by Crippen LogP contribution is -2.33. The van der Waals surface area contributed by atoms with Crippen LogP contribution >= 0.6 is 0 Å². The molecule has 0 bridgehead atoms. The van der Waals surface area contributed by atoms with Gasteiger partial charge in [0.05, 0.1) is 13.3 Å². The minimum Gasteiger partial charge on any atom is -0.494 e. The Bertz CT molecular complexity index is 639. The standard InChI is InChI=1S/C14H15F4N3O/c1-21-8-9(7-20-21)6-19-13(14(16,17)18)10-3-4-12(22-2)11(15)5-10/h3-5,7-8,13,19H,6H2,1-2H3/t13-/m1/s1. The fourth-order valence-electron chi connectivity index (χ4n) is 2.07. The summed E-state index contributed by atoms with van der Waals surface area (Å²) in [5, 5.41) is 6.27. The number of aryl methyl sites for hydroxylation is 1. The third-order valence-corrected chi connectivity index (χ3v) is 3.11. The van der Waals surface area contributed by atoms with Crippen LogP contribution in [0.2, 0.25) is 0 Å². The monoisotopic (exact) mass is 317 g/mol. The minimum atomic E-state index is -4.55. The van der Waals surface area contributed by atoms with Crippen molar-refractivity contribution in [3.8, 4) is 5.75 Å². The molecule has 8 heteroatoms. The highest BCUT2D eigenvalue weighted by Gasteiger charge is 2.40. The quantitative estimate of drug-likeness (QED) is 0.862. The Kier molecular flexibility index (Phi) is 4.70. The van der Waals surface area contributed by atoms with E-state index in [-0.39, 0.29) is 17.9 Å². The number of hydrogen-bond acceptors (Lipinski definition) is 3. The van der Waals surface area contributed by atoms with Gasteiger partial charge in [-0.3, -0.25) is 10.00 Å². The maximum absolute atomic E-state index is 13.6. The predicted molar refractivity (Wildman–Crippen MR) is 71.8 cm³/mol. The lowest BCUT2D eigenvalue weighted by atomic mass is 10.1. The third-order valence-electron chi connectivity index (χ3n) is 3.11. The van der Waals surface area contributed by atoms with Crippen molar-refractivity contribution in [2.45, 2.75) is 18.8 Å². The van der Waals surface area contributed by atoms with Crippen LogP contribution in [-0.4, -0.2) is 23.1 Å². The zero-order valence-corrected chi connectivity index (χ0v) is 12.0. The average Bonchev–Trinajstić information content (AvgIpc) is 2.83. The molecule has 0 aliphatic heterocycles. The number of benzene rings is 1. The maximum atomic E-state index is 13.6. The summed E-state index contributed by atoms with van der Waals surface area (Å²) in [5.41, 5.74) is 0.389. The fourth-order valence-corrected chi connectivity index (χ4v) is 2.07. The molecule has 2 rings (SSSR count). The van der Waals surface area contributed by atoms with E-state index in [0.29, 0.717) is 5.56 Å². The molecule has 2 aromatic rings. The summed E-state index contributed by atoms with van der Waals surface area (Å²) in [4.78, 5) is 0. The molecule has 0 saturated carbocycles. The molecular weight excluding hydrogens is 302 g/mol. The van der Waals surface area contributed by atoms with Crippen LogP contribution in [0.1, 0.15) is 17.2 Å². The molecule has 0 saturated heterocycles. The van der Waals surface area contributed by atoms with Crippen molar-refractivity contribution in [3.63, 3.8) is 0 Å². The maximum Gasteiger partial charge on any atom is 0.407 e. The van der Waals surface area contributed by atoms with Gasteiger partial charge in [0.25, 0.3) is 0 Å². The minimum absolute atomic E-state index is 0.0360. The molecule has 0 unspecified atom stereocenters. The van der Waals surface area contributed by atoms with Crippen molar-refractivity contribution in [1.29, 1.82) is 0 Å². The molecular formula is C14H15F4N3O. The Balaban J connectivity index is 2.21. The molecule has 1 aromatic carbocycles. The molecule has 0 aliphatic rings. The first-order chi connectivity index (χ1) is 10.3. The van der Waals surface area contributed by atoms with Gasteiger partial charge in [-0.2, -0.15) is 18.3 Å². The van der Waals surface area contributed by atoms with Gasteiger partial charge < -0.3 is 4.74 Å². The highest BCUT2D eigenvalue weighted by atomic mass is 19.4. The second-order valence-corrected chi connectivity index (χ2v) is 4.77. The zero-order chi connectivity index (χ0) is 16.3. The second kappa shape index (κ2) is 6.35. The van der Waals surface area contributed by atoms with Gasteiger partial charge in [0.1, 0.15) is 6.04 Å². The molecule has 0 radical (unpaired) electrons. The van der Waals surface area contributed by atoms with Gasteiger partial charge in [-0.05, 0) is 17.7 Å². The molecule has 0 fully saturated rings. The SMILES string of the molecule is COc1ccc([C@@H](NCc2cnn(C)c2)C(F)(F)F)cc1F. The van der Waals surface area contributed by atoms with E-state index >= 15 is 0 Å². The van der Waals surface area contributed by atoms with E-state index in [9.17, 15) is 17.6 Å². The van der Waals surface area contributed by atoms with E-state index in [2.05, 4.69) is 10.4 Å². The molecule has 1 atom stereocenters. The fraction of sp³-hybridized carbons (Fsp3) is 0.357. The number of ether oxygens (including phenoxy) is 1. The normalized spacial score (nSPS) is 13.2. The summed E-state index contributed by atoms with van der Waals surface area (Å²) in [6.07, 6.45) is -1.48. The van der Waals surface area contributed by atoms with E-state index < -0.39 is 18.0 Å². The molecule has 0 aliphatic carbocycles. The number of nitrogens with one attached hydrogen (secondary N) is 1. The van der Waals surface area contributed by atoms with E-state index in [4.69, 9.17) is 4.74 Å². The number of alkyl halides is 3. The number of halogens is 4. The van der Waals surface area contributed by atoms with Crippen molar-refractivity contribution in [2.24, 2.45) is 7.05 Å². The summed E-state index contributed by atoms with van der Waals surface area (Å²) in [5.74, 6) is -0.936. The molecule has 1 heterocycles. The Morgan fingerprint density at radius 3 is 2.59 bits per heavy atom. The van der Waals surface area contributed by atoms with Crippen molar-refractivity contribution in [3.05, 3.63) is 47.5 Å². The van der Waals surface area contributed by atoms with E-state index in [1.54, 1.807) is 13.2 Å². The van der Waals surface area contributed by atoms with Gasteiger partial charge in [0.2, 0.25) is 0 Å². The van der Waals surface area contributed by atoms with Gasteiger partial charge in [0.15, 0.2) is 11.6 Å².